The molecule has 1 aromatic carbocycles. The molecule has 1 heterocycles. The molecule has 1 N–H and O–H groups in total. The fourth-order valence-corrected chi connectivity index (χ4v) is 2.99. The Bertz CT molecular complexity index is 408. The van der Waals surface area contributed by atoms with Crippen LogP contribution in [0.5, 0.6) is 5.75 Å². The maximum absolute atomic E-state index is 10.2. The van der Waals surface area contributed by atoms with Crippen molar-refractivity contribution in [3.8, 4) is 5.75 Å². The largest absolute Gasteiger partial charge is 0.491 e. The molecule has 1 aliphatic rings. The van der Waals surface area contributed by atoms with Crippen LogP contribution in [0.3, 0.4) is 0 Å². The molecule has 0 spiro atoms. The van der Waals surface area contributed by atoms with Crippen molar-refractivity contribution in [3.05, 3.63) is 29.8 Å². The Labute approximate surface area is 122 Å². The molecule has 112 valence electrons. The third-order valence-electron chi connectivity index (χ3n) is 4.19. The Balaban J connectivity index is 1.80. The van der Waals surface area contributed by atoms with E-state index >= 15 is 0 Å². The van der Waals surface area contributed by atoms with E-state index in [2.05, 4.69) is 11.8 Å². The van der Waals surface area contributed by atoms with Crippen LogP contribution in [-0.4, -0.2) is 41.8 Å². The number of piperidine rings is 1. The van der Waals surface area contributed by atoms with Crippen LogP contribution in [-0.2, 0) is 0 Å². The molecule has 1 saturated heterocycles. The summed E-state index contributed by atoms with van der Waals surface area (Å²) in [7, 11) is 0. The van der Waals surface area contributed by atoms with Crippen LogP contribution >= 0.6 is 0 Å². The number of hydrogen-bond acceptors (Lipinski definition) is 3. The van der Waals surface area contributed by atoms with Crippen LogP contribution in [0.25, 0.3) is 0 Å². The van der Waals surface area contributed by atoms with Gasteiger partial charge in [-0.3, -0.25) is 4.90 Å². The highest BCUT2D eigenvalue weighted by Crippen LogP contribution is 2.20. The number of hydrogen-bond donors (Lipinski definition) is 1. The molecule has 2 rings (SSSR count). The Morgan fingerprint density at radius 2 is 2.15 bits per heavy atom. The molecule has 0 amide bonds. The highest BCUT2D eigenvalue weighted by atomic mass is 16.5. The third-order valence-corrected chi connectivity index (χ3v) is 4.19. The van der Waals surface area contributed by atoms with Gasteiger partial charge in [-0.05, 0) is 44.4 Å². The zero-order valence-corrected chi connectivity index (χ0v) is 12.7. The van der Waals surface area contributed by atoms with E-state index in [0.717, 1.165) is 24.4 Å². The number of para-hydroxylation sites is 1. The number of nitrogens with zero attached hydrogens (tertiary/aromatic N) is 1. The van der Waals surface area contributed by atoms with E-state index in [-0.39, 0.29) is 0 Å². The summed E-state index contributed by atoms with van der Waals surface area (Å²) in [6, 6.07) is 8.58. The summed E-state index contributed by atoms with van der Waals surface area (Å²) >= 11 is 0. The topological polar surface area (TPSA) is 32.7 Å². The van der Waals surface area contributed by atoms with Gasteiger partial charge in [0.15, 0.2) is 0 Å². The fraction of sp³-hybridized carbons (Fsp3) is 0.647. The van der Waals surface area contributed by atoms with Crippen LogP contribution in [0.4, 0.5) is 0 Å². The van der Waals surface area contributed by atoms with Gasteiger partial charge in [0, 0.05) is 12.6 Å². The molecule has 3 nitrogen and oxygen atoms in total. The summed E-state index contributed by atoms with van der Waals surface area (Å²) in [5.74, 6) is 0.872. The van der Waals surface area contributed by atoms with Gasteiger partial charge < -0.3 is 9.84 Å². The van der Waals surface area contributed by atoms with E-state index in [9.17, 15) is 5.11 Å². The fourth-order valence-electron chi connectivity index (χ4n) is 2.99. The first kappa shape index (κ1) is 15.3. The van der Waals surface area contributed by atoms with Crippen molar-refractivity contribution in [1.29, 1.82) is 0 Å². The van der Waals surface area contributed by atoms with E-state index in [0.29, 0.717) is 12.6 Å². The van der Waals surface area contributed by atoms with E-state index < -0.39 is 6.10 Å². The first-order valence-corrected chi connectivity index (χ1v) is 7.81. The number of rotatable bonds is 6. The highest BCUT2D eigenvalue weighted by Gasteiger charge is 2.23. The van der Waals surface area contributed by atoms with Gasteiger partial charge in [-0.2, -0.15) is 0 Å². The molecule has 3 heteroatoms. The van der Waals surface area contributed by atoms with Crippen molar-refractivity contribution in [2.75, 3.05) is 19.7 Å². The lowest BCUT2D eigenvalue weighted by molar-refractivity contribution is 0.0386. The number of benzene rings is 1. The van der Waals surface area contributed by atoms with Gasteiger partial charge in [-0.15, -0.1) is 0 Å². The molecule has 1 aliphatic heterocycles. The van der Waals surface area contributed by atoms with Gasteiger partial charge in [0.05, 0.1) is 0 Å². The minimum absolute atomic E-state index is 0.373. The minimum Gasteiger partial charge on any atom is -0.491 e. The summed E-state index contributed by atoms with van der Waals surface area (Å²) in [5, 5.41) is 10.2. The van der Waals surface area contributed by atoms with Crippen LogP contribution in [0, 0.1) is 6.92 Å². The average Bonchev–Trinajstić information content (AvgIpc) is 2.47. The minimum atomic E-state index is -0.415. The van der Waals surface area contributed by atoms with Gasteiger partial charge in [0.2, 0.25) is 0 Å². The monoisotopic (exact) mass is 277 g/mol. The van der Waals surface area contributed by atoms with Crippen molar-refractivity contribution in [2.45, 2.75) is 51.7 Å². The molecule has 1 aromatic rings. The predicted octanol–water partition coefficient (Wildman–Crippen LogP) is 3.00. The van der Waals surface area contributed by atoms with Crippen molar-refractivity contribution in [3.63, 3.8) is 0 Å². The molecular formula is C17H27NO2. The van der Waals surface area contributed by atoms with Crippen LogP contribution < -0.4 is 4.74 Å². The Morgan fingerprint density at radius 1 is 1.35 bits per heavy atom. The third kappa shape index (κ3) is 4.22. The molecular weight excluding hydrogens is 250 g/mol. The van der Waals surface area contributed by atoms with Crippen molar-refractivity contribution in [1.82, 2.24) is 4.90 Å². The lowest BCUT2D eigenvalue weighted by atomic mass is 10.00. The van der Waals surface area contributed by atoms with Gasteiger partial charge >= 0.3 is 0 Å². The number of β-amino-alcohol motifs (C(OH)–C–C–N with tert-alkyl or cyclic N) is 1. The lowest BCUT2D eigenvalue weighted by Gasteiger charge is -2.36. The molecule has 2 unspecified atom stereocenters. The second kappa shape index (κ2) is 7.65. The maximum atomic E-state index is 10.2. The Morgan fingerprint density at radius 3 is 2.90 bits per heavy atom. The Kier molecular flexibility index (Phi) is 5.86. The van der Waals surface area contributed by atoms with Crippen molar-refractivity contribution >= 4 is 0 Å². The summed E-state index contributed by atoms with van der Waals surface area (Å²) in [5.41, 5.74) is 1.11. The van der Waals surface area contributed by atoms with Crippen molar-refractivity contribution < 1.29 is 9.84 Å². The predicted molar refractivity (Wildman–Crippen MR) is 82.2 cm³/mol. The normalized spacial score (nSPS) is 21.6. The van der Waals surface area contributed by atoms with E-state index in [4.69, 9.17) is 4.74 Å². The lowest BCUT2D eigenvalue weighted by Crippen LogP contribution is -2.44. The standard InChI is InChI=1S/C17H27NO2/c1-3-15-9-6-7-11-18(15)12-16(19)13-20-17-10-5-4-8-14(17)2/h4-5,8,10,15-16,19H,3,6-7,9,11-13H2,1-2H3. The van der Waals surface area contributed by atoms with Gasteiger partial charge in [0.25, 0.3) is 0 Å². The number of likely N-dealkylation sites (tertiary alicyclic amines) is 1. The second-order valence-corrected chi connectivity index (χ2v) is 5.78. The number of aliphatic hydroxyl groups excluding tert-OH is 1. The number of aryl methyl sites for hydroxylation is 1. The SMILES string of the molecule is CCC1CCCCN1CC(O)COc1ccccc1C. The first-order valence-electron chi connectivity index (χ1n) is 7.81. The molecule has 1 fully saturated rings. The molecule has 0 aliphatic carbocycles. The molecule has 2 atom stereocenters. The summed E-state index contributed by atoms with van der Waals surface area (Å²) in [4.78, 5) is 2.43. The van der Waals surface area contributed by atoms with E-state index in [1.165, 1.54) is 25.7 Å². The Hall–Kier alpha value is -1.06. The molecule has 20 heavy (non-hydrogen) atoms. The first-order chi connectivity index (χ1) is 9.70. The van der Waals surface area contributed by atoms with Crippen molar-refractivity contribution in [2.24, 2.45) is 0 Å². The van der Waals surface area contributed by atoms with Gasteiger partial charge in [0.1, 0.15) is 18.5 Å². The zero-order valence-electron chi connectivity index (χ0n) is 12.7. The van der Waals surface area contributed by atoms with Gasteiger partial charge in [-0.25, -0.2) is 0 Å². The molecule has 0 bridgehead atoms. The van der Waals surface area contributed by atoms with Crippen LogP contribution in [0.15, 0.2) is 24.3 Å². The summed E-state index contributed by atoms with van der Waals surface area (Å²) < 4.78 is 5.73. The van der Waals surface area contributed by atoms with E-state index in [1.807, 2.05) is 31.2 Å². The van der Waals surface area contributed by atoms with Crippen LogP contribution in [0.2, 0.25) is 0 Å². The highest BCUT2D eigenvalue weighted by molar-refractivity contribution is 5.31. The smallest absolute Gasteiger partial charge is 0.122 e. The second-order valence-electron chi connectivity index (χ2n) is 5.78. The quantitative estimate of drug-likeness (QED) is 0.867. The maximum Gasteiger partial charge on any atom is 0.122 e. The van der Waals surface area contributed by atoms with Gasteiger partial charge in [-0.1, -0.05) is 31.5 Å². The summed E-state index contributed by atoms with van der Waals surface area (Å²) in [6.07, 6.45) is 4.60. The summed E-state index contributed by atoms with van der Waals surface area (Å²) in [6.45, 7) is 6.47. The van der Waals surface area contributed by atoms with Crippen LogP contribution in [0.1, 0.15) is 38.2 Å². The van der Waals surface area contributed by atoms with E-state index in [1.54, 1.807) is 0 Å². The zero-order chi connectivity index (χ0) is 14.4. The average molecular weight is 277 g/mol. The molecule has 0 radical (unpaired) electrons. The number of aliphatic hydroxyl groups is 1. The number of ether oxygens (including phenoxy) is 1. The molecule has 0 saturated carbocycles. The molecule has 0 aromatic heterocycles.